The molecule has 0 radical (unpaired) electrons. The van der Waals surface area contributed by atoms with E-state index >= 15 is 0 Å². The Kier molecular flexibility index (Phi) is 4.92. The average Bonchev–Trinajstić information content (AvgIpc) is 3.01. The molecule has 0 atom stereocenters. The van der Waals surface area contributed by atoms with Crippen molar-refractivity contribution in [1.82, 2.24) is 24.9 Å². The van der Waals surface area contributed by atoms with Crippen LogP contribution in [0.4, 0.5) is 0 Å². The summed E-state index contributed by atoms with van der Waals surface area (Å²) >= 11 is 0. The van der Waals surface area contributed by atoms with E-state index in [2.05, 4.69) is 15.3 Å². The Morgan fingerprint density at radius 1 is 1.23 bits per heavy atom. The summed E-state index contributed by atoms with van der Waals surface area (Å²) in [7, 11) is 0. The monoisotopic (exact) mass is 353 g/mol. The van der Waals surface area contributed by atoms with Gasteiger partial charge in [-0.2, -0.15) is 0 Å². The van der Waals surface area contributed by atoms with E-state index in [9.17, 15) is 9.59 Å². The number of pyridine rings is 1. The van der Waals surface area contributed by atoms with Crippen molar-refractivity contribution in [2.45, 2.75) is 20.3 Å². The van der Waals surface area contributed by atoms with Crippen molar-refractivity contribution in [3.05, 3.63) is 47.9 Å². The molecule has 8 nitrogen and oxygen atoms in total. The highest BCUT2D eigenvalue weighted by Gasteiger charge is 2.24. The fourth-order valence-corrected chi connectivity index (χ4v) is 2.86. The van der Waals surface area contributed by atoms with Crippen LogP contribution in [-0.2, 0) is 4.79 Å². The molecule has 0 aliphatic heterocycles. The minimum Gasteiger partial charge on any atom is -0.480 e. The molecule has 0 saturated carbocycles. The maximum absolute atomic E-state index is 12.7. The van der Waals surface area contributed by atoms with E-state index in [-0.39, 0.29) is 12.2 Å². The number of rotatable bonds is 6. The summed E-state index contributed by atoms with van der Waals surface area (Å²) in [5, 5.41) is 18.1. The van der Waals surface area contributed by atoms with Crippen LogP contribution in [0.5, 0.6) is 0 Å². The predicted molar refractivity (Wildman–Crippen MR) is 95.2 cm³/mol. The van der Waals surface area contributed by atoms with E-state index in [0.29, 0.717) is 18.7 Å². The summed E-state index contributed by atoms with van der Waals surface area (Å²) < 4.78 is 1.59. The van der Waals surface area contributed by atoms with Gasteiger partial charge in [-0.1, -0.05) is 18.2 Å². The predicted octanol–water partition coefficient (Wildman–Crippen LogP) is 2.06. The van der Waals surface area contributed by atoms with Crippen LogP contribution >= 0.6 is 0 Å². The first-order valence-electron chi connectivity index (χ1n) is 8.30. The van der Waals surface area contributed by atoms with Crippen molar-refractivity contribution in [3.8, 4) is 5.69 Å². The molecule has 0 saturated heterocycles. The first-order chi connectivity index (χ1) is 12.5. The molecule has 0 aliphatic carbocycles. The van der Waals surface area contributed by atoms with Gasteiger partial charge in [-0.3, -0.25) is 14.6 Å². The maximum Gasteiger partial charge on any atom is 0.323 e. The van der Waals surface area contributed by atoms with Gasteiger partial charge in [0.05, 0.1) is 16.9 Å². The van der Waals surface area contributed by atoms with Crippen molar-refractivity contribution < 1.29 is 14.7 Å². The number of carboxylic acid groups (broad SMARTS) is 1. The van der Waals surface area contributed by atoms with Gasteiger partial charge in [-0.25, -0.2) is 4.68 Å². The lowest BCUT2D eigenvalue weighted by Crippen LogP contribution is -2.36. The van der Waals surface area contributed by atoms with E-state index in [1.807, 2.05) is 37.3 Å². The van der Waals surface area contributed by atoms with Gasteiger partial charge >= 0.3 is 5.97 Å². The molecule has 1 amide bonds. The van der Waals surface area contributed by atoms with Gasteiger partial charge in [-0.05, 0) is 37.6 Å². The highest BCUT2D eigenvalue weighted by molar-refractivity contribution is 5.95. The van der Waals surface area contributed by atoms with Gasteiger partial charge in [0.2, 0.25) is 0 Å². The molecule has 0 spiro atoms. The van der Waals surface area contributed by atoms with Crippen LogP contribution in [-0.4, -0.2) is 55.0 Å². The number of benzene rings is 1. The highest BCUT2D eigenvalue weighted by atomic mass is 16.4. The Morgan fingerprint density at radius 3 is 2.77 bits per heavy atom. The average molecular weight is 353 g/mol. The first-order valence-corrected chi connectivity index (χ1v) is 8.30. The van der Waals surface area contributed by atoms with E-state index in [1.54, 1.807) is 17.8 Å². The van der Waals surface area contributed by atoms with Crippen LogP contribution in [0.1, 0.15) is 29.5 Å². The van der Waals surface area contributed by atoms with E-state index in [4.69, 9.17) is 5.11 Å². The van der Waals surface area contributed by atoms with Crippen LogP contribution in [0.25, 0.3) is 16.6 Å². The molecule has 0 unspecified atom stereocenters. The minimum absolute atomic E-state index is 0.153. The number of fused-ring (bicyclic) bond motifs is 1. The summed E-state index contributed by atoms with van der Waals surface area (Å²) in [6, 6.07) is 9.39. The second-order valence-corrected chi connectivity index (χ2v) is 5.90. The molecule has 2 aromatic heterocycles. The highest BCUT2D eigenvalue weighted by Crippen LogP contribution is 2.22. The number of hydrogen-bond acceptors (Lipinski definition) is 5. The smallest absolute Gasteiger partial charge is 0.323 e. The topological polar surface area (TPSA) is 101 Å². The van der Waals surface area contributed by atoms with Gasteiger partial charge in [0.15, 0.2) is 5.69 Å². The Labute approximate surface area is 150 Å². The van der Waals surface area contributed by atoms with Crippen LogP contribution < -0.4 is 0 Å². The molecule has 0 bridgehead atoms. The lowest BCUT2D eigenvalue weighted by molar-refractivity contribution is -0.137. The molecule has 0 fully saturated rings. The van der Waals surface area contributed by atoms with Gasteiger partial charge in [-0.15, -0.1) is 5.10 Å². The second-order valence-electron chi connectivity index (χ2n) is 5.90. The zero-order chi connectivity index (χ0) is 18.7. The number of hydrogen-bond donors (Lipinski definition) is 1. The standard InChI is InChI=1S/C18H19N5O3/c1-3-10-22(11-16(24)25)18(26)17-12(2)23(21-20-17)15-8-4-7-14-13(15)6-5-9-19-14/h4-9H,3,10-11H2,1-2H3,(H,24,25). The van der Waals surface area contributed by atoms with E-state index < -0.39 is 11.9 Å². The number of aromatic nitrogens is 4. The quantitative estimate of drug-likeness (QED) is 0.728. The fraction of sp³-hybridized carbons (Fsp3) is 0.278. The molecule has 3 rings (SSSR count). The van der Waals surface area contributed by atoms with Crippen molar-refractivity contribution >= 4 is 22.8 Å². The number of carbonyl (C=O) groups excluding carboxylic acids is 1. The van der Waals surface area contributed by atoms with Gasteiger partial charge < -0.3 is 10.0 Å². The SMILES string of the molecule is CCCN(CC(=O)O)C(=O)c1nnn(-c2cccc3ncccc23)c1C. The zero-order valence-corrected chi connectivity index (χ0v) is 14.6. The van der Waals surface area contributed by atoms with E-state index in [0.717, 1.165) is 16.6 Å². The molecule has 26 heavy (non-hydrogen) atoms. The largest absolute Gasteiger partial charge is 0.480 e. The molecule has 0 aliphatic rings. The van der Waals surface area contributed by atoms with Crippen molar-refractivity contribution in [1.29, 1.82) is 0 Å². The molecule has 2 heterocycles. The Hall–Kier alpha value is -3.29. The Morgan fingerprint density at radius 2 is 2.04 bits per heavy atom. The van der Waals surface area contributed by atoms with Crippen molar-refractivity contribution in [2.75, 3.05) is 13.1 Å². The molecular weight excluding hydrogens is 334 g/mol. The van der Waals surface area contributed by atoms with Gasteiger partial charge in [0, 0.05) is 18.1 Å². The van der Waals surface area contributed by atoms with Crippen LogP contribution in [0.2, 0.25) is 0 Å². The number of amides is 1. The third-order valence-electron chi connectivity index (χ3n) is 4.05. The third-order valence-corrected chi connectivity index (χ3v) is 4.05. The van der Waals surface area contributed by atoms with Crippen LogP contribution in [0, 0.1) is 6.92 Å². The number of carboxylic acids is 1. The lowest BCUT2D eigenvalue weighted by atomic mass is 10.1. The molecule has 1 aromatic carbocycles. The molecule has 1 N–H and O–H groups in total. The number of aliphatic carboxylic acids is 1. The van der Waals surface area contributed by atoms with E-state index in [1.165, 1.54) is 4.90 Å². The Balaban J connectivity index is 2.02. The summed E-state index contributed by atoms with van der Waals surface area (Å²) in [4.78, 5) is 29.4. The van der Waals surface area contributed by atoms with Crippen LogP contribution in [0.3, 0.4) is 0 Å². The summed E-state index contributed by atoms with van der Waals surface area (Å²) in [6.45, 7) is 3.61. The van der Waals surface area contributed by atoms with Crippen molar-refractivity contribution in [3.63, 3.8) is 0 Å². The third kappa shape index (κ3) is 3.26. The molecule has 8 heteroatoms. The van der Waals surface area contributed by atoms with Crippen molar-refractivity contribution in [2.24, 2.45) is 0 Å². The maximum atomic E-state index is 12.7. The molecular formula is C18H19N5O3. The minimum atomic E-state index is -1.06. The van der Waals surface area contributed by atoms with Gasteiger partial charge in [0.1, 0.15) is 6.54 Å². The summed E-state index contributed by atoms with van der Waals surface area (Å²) in [6.07, 6.45) is 2.37. The second kappa shape index (κ2) is 7.30. The summed E-state index contributed by atoms with van der Waals surface area (Å²) in [5.41, 5.74) is 2.28. The Bertz CT molecular complexity index is 961. The number of nitrogens with zero attached hydrogens (tertiary/aromatic N) is 5. The summed E-state index contributed by atoms with van der Waals surface area (Å²) in [5.74, 6) is -1.49. The normalized spacial score (nSPS) is 10.8. The molecule has 3 aromatic rings. The molecule has 134 valence electrons. The number of carbonyl (C=O) groups is 2. The lowest BCUT2D eigenvalue weighted by Gasteiger charge is -2.18. The van der Waals surface area contributed by atoms with Gasteiger partial charge in [0.25, 0.3) is 5.91 Å². The van der Waals surface area contributed by atoms with Crippen LogP contribution in [0.15, 0.2) is 36.5 Å². The zero-order valence-electron chi connectivity index (χ0n) is 14.6. The first kappa shape index (κ1) is 17.5. The fourth-order valence-electron chi connectivity index (χ4n) is 2.86.